The maximum atomic E-state index is 12.2. The lowest BCUT2D eigenvalue weighted by atomic mass is 10.3. The standard InChI is InChI=1S/C16H24N4OS.2ClH/c1-4-17-12(2)9-18-16(21)10-20-14-8-6-5-7-13(14)19-15(20)11-22-3;;/h5-8,12,17H,4,9-11H2,1-3H3,(H,18,21);2*1H/t12-;;/m1../s1. The Hall–Kier alpha value is -0.950. The molecule has 0 aliphatic rings. The monoisotopic (exact) mass is 392 g/mol. The average Bonchev–Trinajstić information content (AvgIpc) is 2.84. The number of aromatic nitrogens is 2. The summed E-state index contributed by atoms with van der Waals surface area (Å²) in [5, 5.41) is 6.27. The van der Waals surface area contributed by atoms with Crippen LogP contribution in [0.3, 0.4) is 0 Å². The highest BCUT2D eigenvalue weighted by molar-refractivity contribution is 7.97. The van der Waals surface area contributed by atoms with E-state index in [1.165, 1.54) is 0 Å². The van der Waals surface area contributed by atoms with E-state index >= 15 is 0 Å². The van der Waals surface area contributed by atoms with Crippen LogP contribution in [-0.4, -0.2) is 40.8 Å². The van der Waals surface area contributed by atoms with Gasteiger partial charge in [0, 0.05) is 12.6 Å². The highest BCUT2D eigenvalue weighted by Gasteiger charge is 2.13. The highest BCUT2D eigenvalue weighted by Crippen LogP contribution is 2.18. The molecule has 1 aromatic carbocycles. The molecule has 1 atom stereocenters. The predicted octanol–water partition coefficient (Wildman–Crippen LogP) is 2.86. The summed E-state index contributed by atoms with van der Waals surface area (Å²) in [4.78, 5) is 16.9. The molecule has 24 heavy (non-hydrogen) atoms. The number of carbonyl (C=O) groups excluding carboxylic acids is 1. The van der Waals surface area contributed by atoms with Crippen LogP contribution in [0.25, 0.3) is 11.0 Å². The minimum Gasteiger partial charge on any atom is -0.353 e. The summed E-state index contributed by atoms with van der Waals surface area (Å²) in [6, 6.07) is 8.23. The number of rotatable bonds is 8. The lowest BCUT2D eigenvalue weighted by Gasteiger charge is -2.14. The molecule has 0 radical (unpaired) electrons. The number of hydrogen-bond acceptors (Lipinski definition) is 4. The average molecular weight is 393 g/mol. The molecule has 0 spiro atoms. The Balaban J connectivity index is 0.00000264. The number of para-hydroxylation sites is 2. The van der Waals surface area contributed by atoms with Crippen molar-refractivity contribution in [2.24, 2.45) is 0 Å². The Morgan fingerprint density at radius 3 is 2.71 bits per heavy atom. The molecule has 1 amide bonds. The molecular formula is C16H26Cl2N4OS. The van der Waals surface area contributed by atoms with Gasteiger partial charge in [0.05, 0.1) is 16.8 Å². The van der Waals surface area contributed by atoms with Crippen molar-refractivity contribution in [2.45, 2.75) is 32.2 Å². The van der Waals surface area contributed by atoms with E-state index in [0.29, 0.717) is 13.1 Å². The molecule has 2 rings (SSSR count). The van der Waals surface area contributed by atoms with Crippen molar-refractivity contribution in [1.82, 2.24) is 20.2 Å². The second-order valence-electron chi connectivity index (χ2n) is 5.30. The number of likely N-dealkylation sites (N-methyl/N-ethyl adjacent to an activating group) is 1. The molecule has 2 N–H and O–H groups in total. The Labute approximate surface area is 160 Å². The maximum absolute atomic E-state index is 12.2. The van der Waals surface area contributed by atoms with Crippen LogP contribution in [0.5, 0.6) is 0 Å². The SMILES string of the molecule is CCN[C@H](C)CNC(=O)Cn1c(CSC)nc2ccccc21.Cl.Cl. The van der Waals surface area contributed by atoms with Crippen molar-refractivity contribution in [3.05, 3.63) is 30.1 Å². The van der Waals surface area contributed by atoms with Gasteiger partial charge in [-0.15, -0.1) is 24.8 Å². The van der Waals surface area contributed by atoms with Gasteiger partial charge < -0.3 is 15.2 Å². The van der Waals surface area contributed by atoms with Crippen molar-refractivity contribution in [3.63, 3.8) is 0 Å². The summed E-state index contributed by atoms with van der Waals surface area (Å²) >= 11 is 1.71. The molecule has 5 nitrogen and oxygen atoms in total. The van der Waals surface area contributed by atoms with Crippen molar-refractivity contribution in [1.29, 1.82) is 0 Å². The van der Waals surface area contributed by atoms with Gasteiger partial charge in [0.2, 0.25) is 5.91 Å². The van der Waals surface area contributed by atoms with Crippen LogP contribution in [0.15, 0.2) is 24.3 Å². The molecular weight excluding hydrogens is 367 g/mol. The van der Waals surface area contributed by atoms with Gasteiger partial charge in [-0.1, -0.05) is 19.1 Å². The summed E-state index contributed by atoms with van der Waals surface area (Å²) in [6.45, 7) is 5.98. The van der Waals surface area contributed by atoms with Crippen LogP contribution in [0.4, 0.5) is 0 Å². The summed E-state index contributed by atoms with van der Waals surface area (Å²) in [7, 11) is 0. The number of nitrogens with one attached hydrogen (secondary N) is 2. The van der Waals surface area contributed by atoms with Gasteiger partial charge in [-0.05, 0) is 31.9 Å². The van der Waals surface area contributed by atoms with Crippen LogP contribution in [0, 0.1) is 0 Å². The third-order valence-corrected chi connectivity index (χ3v) is 4.01. The summed E-state index contributed by atoms with van der Waals surface area (Å²) in [5.41, 5.74) is 1.96. The number of carbonyl (C=O) groups is 1. The molecule has 0 saturated carbocycles. The molecule has 0 unspecified atom stereocenters. The largest absolute Gasteiger partial charge is 0.353 e. The summed E-state index contributed by atoms with van der Waals surface area (Å²) in [5.74, 6) is 1.77. The number of nitrogens with zero attached hydrogens (tertiary/aromatic N) is 2. The van der Waals surface area contributed by atoms with Crippen LogP contribution in [-0.2, 0) is 17.1 Å². The Kier molecular flexibility index (Phi) is 11.1. The van der Waals surface area contributed by atoms with E-state index < -0.39 is 0 Å². The van der Waals surface area contributed by atoms with Crippen LogP contribution >= 0.6 is 36.6 Å². The quantitative estimate of drug-likeness (QED) is 0.724. The van der Waals surface area contributed by atoms with Crippen LogP contribution < -0.4 is 10.6 Å². The topological polar surface area (TPSA) is 58.9 Å². The highest BCUT2D eigenvalue weighted by atomic mass is 35.5. The van der Waals surface area contributed by atoms with E-state index in [1.54, 1.807) is 11.8 Å². The van der Waals surface area contributed by atoms with Crippen molar-refractivity contribution >= 4 is 53.5 Å². The minimum atomic E-state index is 0. The van der Waals surface area contributed by atoms with E-state index in [1.807, 2.05) is 35.1 Å². The minimum absolute atomic E-state index is 0. The van der Waals surface area contributed by atoms with E-state index in [9.17, 15) is 4.79 Å². The molecule has 0 aliphatic carbocycles. The van der Waals surface area contributed by atoms with Crippen LogP contribution in [0.1, 0.15) is 19.7 Å². The second-order valence-corrected chi connectivity index (χ2v) is 6.16. The van der Waals surface area contributed by atoms with E-state index in [4.69, 9.17) is 0 Å². The third kappa shape index (κ3) is 6.16. The molecule has 1 aromatic heterocycles. The smallest absolute Gasteiger partial charge is 0.240 e. The molecule has 0 bridgehead atoms. The fourth-order valence-corrected chi connectivity index (χ4v) is 2.91. The van der Waals surface area contributed by atoms with Crippen molar-refractivity contribution in [2.75, 3.05) is 19.3 Å². The third-order valence-electron chi connectivity index (χ3n) is 3.47. The van der Waals surface area contributed by atoms with E-state index in [0.717, 1.165) is 29.2 Å². The predicted molar refractivity (Wildman–Crippen MR) is 108 cm³/mol. The fourth-order valence-electron chi connectivity index (χ4n) is 2.43. The fraction of sp³-hybridized carbons (Fsp3) is 0.500. The van der Waals surface area contributed by atoms with Crippen molar-refractivity contribution < 1.29 is 4.79 Å². The van der Waals surface area contributed by atoms with Gasteiger partial charge in [-0.25, -0.2) is 4.98 Å². The zero-order chi connectivity index (χ0) is 15.9. The molecule has 0 fully saturated rings. The second kappa shape index (κ2) is 11.6. The van der Waals surface area contributed by atoms with E-state index in [2.05, 4.69) is 29.5 Å². The number of amides is 1. The first kappa shape index (κ1) is 23.1. The Bertz CT molecular complexity index is 636. The number of thioether (sulfide) groups is 1. The molecule has 1 heterocycles. The first-order valence-electron chi connectivity index (χ1n) is 7.58. The number of benzene rings is 1. The number of imidazole rings is 1. The first-order valence-corrected chi connectivity index (χ1v) is 8.98. The number of hydrogen-bond donors (Lipinski definition) is 2. The molecule has 136 valence electrons. The number of fused-ring (bicyclic) bond motifs is 1. The van der Waals surface area contributed by atoms with Gasteiger partial charge in [-0.2, -0.15) is 11.8 Å². The van der Waals surface area contributed by atoms with Crippen LogP contribution in [0.2, 0.25) is 0 Å². The molecule has 0 saturated heterocycles. The summed E-state index contributed by atoms with van der Waals surface area (Å²) < 4.78 is 2.01. The summed E-state index contributed by atoms with van der Waals surface area (Å²) in [6.07, 6.45) is 2.04. The first-order chi connectivity index (χ1) is 10.7. The Morgan fingerprint density at radius 2 is 2.04 bits per heavy atom. The van der Waals surface area contributed by atoms with Crippen molar-refractivity contribution in [3.8, 4) is 0 Å². The van der Waals surface area contributed by atoms with Gasteiger partial charge in [0.25, 0.3) is 0 Å². The lowest BCUT2D eigenvalue weighted by Crippen LogP contribution is -2.40. The Morgan fingerprint density at radius 1 is 1.33 bits per heavy atom. The lowest BCUT2D eigenvalue weighted by molar-refractivity contribution is -0.121. The zero-order valence-corrected chi connectivity index (χ0v) is 16.7. The van der Waals surface area contributed by atoms with Gasteiger partial charge in [0.1, 0.15) is 12.4 Å². The molecule has 8 heteroatoms. The normalized spacial score (nSPS) is 11.5. The molecule has 0 aliphatic heterocycles. The van der Waals surface area contributed by atoms with E-state index in [-0.39, 0.29) is 36.8 Å². The number of halogens is 2. The van der Waals surface area contributed by atoms with Gasteiger partial charge >= 0.3 is 0 Å². The maximum Gasteiger partial charge on any atom is 0.240 e. The zero-order valence-electron chi connectivity index (χ0n) is 14.2. The van der Waals surface area contributed by atoms with Gasteiger partial charge in [-0.3, -0.25) is 4.79 Å². The van der Waals surface area contributed by atoms with Gasteiger partial charge in [0.15, 0.2) is 0 Å². The molecule has 2 aromatic rings.